The summed E-state index contributed by atoms with van der Waals surface area (Å²) in [5.41, 5.74) is -0.930. The number of nitrogens with zero attached hydrogens (tertiary/aromatic N) is 2. The third kappa shape index (κ3) is 3.78. The third-order valence-corrected chi connectivity index (χ3v) is 5.96. The molecule has 4 atom stereocenters. The summed E-state index contributed by atoms with van der Waals surface area (Å²) in [7, 11) is 0. The molecule has 4 rings (SSSR count). The highest BCUT2D eigenvalue weighted by Crippen LogP contribution is 2.40. The first-order chi connectivity index (χ1) is 13.1. The van der Waals surface area contributed by atoms with E-state index in [1.807, 2.05) is 4.90 Å². The van der Waals surface area contributed by atoms with Crippen molar-refractivity contribution in [3.05, 3.63) is 23.9 Å². The maximum atomic E-state index is 13.3. The third-order valence-electron chi connectivity index (χ3n) is 5.96. The van der Waals surface area contributed by atoms with Gasteiger partial charge in [-0.25, -0.2) is 13.8 Å². The van der Waals surface area contributed by atoms with Crippen molar-refractivity contribution in [2.24, 2.45) is 11.8 Å². The summed E-state index contributed by atoms with van der Waals surface area (Å²) in [5, 5.41) is 5.42. The van der Waals surface area contributed by atoms with Gasteiger partial charge in [0.25, 0.3) is 5.92 Å². The van der Waals surface area contributed by atoms with E-state index in [9.17, 15) is 26.7 Å². The van der Waals surface area contributed by atoms with E-state index in [1.165, 1.54) is 6.07 Å². The molecule has 10 heteroatoms. The molecular formula is C18H21F5N4O. The second-order valence-corrected chi connectivity index (χ2v) is 7.89. The van der Waals surface area contributed by atoms with Gasteiger partial charge in [0, 0.05) is 31.5 Å². The van der Waals surface area contributed by atoms with E-state index in [4.69, 9.17) is 0 Å². The van der Waals surface area contributed by atoms with Crippen LogP contribution in [0.1, 0.15) is 25.0 Å². The molecule has 0 bridgehead atoms. The molecule has 28 heavy (non-hydrogen) atoms. The number of fused-ring (bicyclic) bond motifs is 1. The van der Waals surface area contributed by atoms with Gasteiger partial charge in [-0.3, -0.25) is 10.1 Å². The van der Waals surface area contributed by atoms with Gasteiger partial charge in [-0.15, -0.1) is 0 Å². The predicted octanol–water partition coefficient (Wildman–Crippen LogP) is 2.43. The highest BCUT2D eigenvalue weighted by Gasteiger charge is 2.46. The summed E-state index contributed by atoms with van der Waals surface area (Å²) in [6.45, 7) is 0.556. The van der Waals surface area contributed by atoms with Crippen LogP contribution in [0.2, 0.25) is 0 Å². The molecule has 3 fully saturated rings. The molecule has 0 unspecified atom stereocenters. The molecule has 5 nitrogen and oxygen atoms in total. The molecule has 3 aliphatic rings. The Morgan fingerprint density at radius 3 is 2.71 bits per heavy atom. The number of carbonyl (C=O) groups excluding carboxylic acids is 1. The van der Waals surface area contributed by atoms with Crippen molar-refractivity contribution in [3.63, 3.8) is 0 Å². The van der Waals surface area contributed by atoms with E-state index >= 15 is 0 Å². The largest absolute Gasteiger partial charge is 0.433 e. The molecule has 3 heterocycles. The van der Waals surface area contributed by atoms with Gasteiger partial charge in [0.1, 0.15) is 11.5 Å². The highest BCUT2D eigenvalue weighted by atomic mass is 19.4. The summed E-state index contributed by atoms with van der Waals surface area (Å²) in [4.78, 5) is 17.9. The maximum absolute atomic E-state index is 13.3. The minimum absolute atomic E-state index is 0.0715. The molecule has 2 saturated heterocycles. The number of aromatic nitrogens is 1. The molecule has 0 radical (unpaired) electrons. The lowest BCUT2D eigenvalue weighted by Gasteiger charge is -2.24. The first-order valence-electron chi connectivity index (χ1n) is 9.33. The van der Waals surface area contributed by atoms with E-state index in [1.54, 1.807) is 6.07 Å². The number of rotatable bonds is 3. The molecule has 154 valence electrons. The Bertz CT molecular complexity index is 756. The van der Waals surface area contributed by atoms with Gasteiger partial charge in [-0.1, -0.05) is 6.07 Å². The van der Waals surface area contributed by atoms with Crippen LogP contribution in [0.3, 0.4) is 0 Å². The zero-order chi connectivity index (χ0) is 20.1. The molecule has 2 N–H and O–H groups in total. The van der Waals surface area contributed by atoms with Crippen molar-refractivity contribution in [1.82, 2.24) is 15.6 Å². The van der Waals surface area contributed by atoms with Crippen LogP contribution >= 0.6 is 0 Å². The van der Waals surface area contributed by atoms with Crippen LogP contribution in [0.5, 0.6) is 0 Å². The normalized spacial score (nSPS) is 31.8. The average Bonchev–Trinajstić information content (AvgIpc) is 3.29. The molecule has 2 aliphatic heterocycles. The Morgan fingerprint density at radius 2 is 2.04 bits per heavy atom. The number of alkyl halides is 5. The lowest BCUT2D eigenvalue weighted by molar-refractivity contribution is -0.141. The fourth-order valence-corrected chi connectivity index (χ4v) is 4.57. The smallest absolute Gasteiger partial charge is 0.356 e. The zero-order valence-corrected chi connectivity index (χ0v) is 15.0. The molecule has 0 aromatic carbocycles. The number of anilines is 1. The van der Waals surface area contributed by atoms with Crippen molar-refractivity contribution in [2.45, 2.75) is 43.4 Å². The molecule has 0 spiro atoms. The van der Waals surface area contributed by atoms with Crippen LogP contribution in [-0.2, 0) is 11.0 Å². The highest BCUT2D eigenvalue weighted by molar-refractivity contribution is 5.82. The Kier molecular flexibility index (Phi) is 4.71. The van der Waals surface area contributed by atoms with E-state index < -0.39 is 42.7 Å². The maximum Gasteiger partial charge on any atom is 0.433 e. The summed E-state index contributed by atoms with van der Waals surface area (Å²) in [5.74, 6) is -2.73. The van der Waals surface area contributed by atoms with Gasteiger partial charge >= 0.3 is 6.18 Å². The number of hydrogen-bond acceptors (Lipinski definition) is 4. The standard InChI is InChI=1S/C18H21F5N4O/c19-17(20)6-13(24-9-17)16(28)25-12-5-4-10-7-27(8-11(10)12)15-3-1-2-14(26-15)18(21,22)23/h1-3,10-13,24H,4-9H2,(H,25,28)/t10-,11+,12+,13+/m1/s1. The lowest BCUT2D eigenvalue weighted by Crippen LogP contribution is -2.47. The molecule has 1 aromatic heterocycles. The Morgan fingerprint density at radius 1 is 1.25 bits per heavy atom. The number of carbonyl (C=O) groups is 1. The number of halogens is 5. The first-order valence-corrected chi connectivity index (χ1v) is 9.33. The minimum Gasteiger partial charge on any atom is -0.356 e. The van der Waals surface area contributed by atoms with E-state index in [0.717, 1.165) is 18.9 Å². The number of pyridine rings is 1. The number of amides is 1. The molecule has 1 saturated carbocycles. The Balaban J connectivity index is 1.40. The van der Waals surface area contributed by atoms with Crippen LogP contribution < -0.4 is 15.5 Å². The van der Waals surface area contributed by atoms with Gasteiger partial charge in [0.05, 0.1) is 12.6 Å². The summed E-state index contributed by atoms with van der Waals surface area (Å²) < 4.78 is 65.3. The van der Waals surface area contributed by atoms with Gasteiger partial charge < -0.3 is 10.2 Å². The van der Waals surface area contributed by atoms with Crippen molar-refractivity contribution in [1.29, 1.82) is 0 Å². The lowest BCUT2D eigenvalue weighted by atomic mass is 9.97. The Labute approximate surface area is 158 Å². The van der Waals surface area contributed by atoms with E-state index in [2.05, 4.69) is 15.6 Å². The number of nitrogens with one attached hydrogen (secondary N) is 2. The zero-order valence-electron chi connectivity index (χ0n) is 15.0. The number of hydrogen-bond donors (Lipinski definition) is 2. The van der Waals surface area contributed by atoms with Crippen LogP contribution in [0, 0.1) is 11.8 Å². The predicted molar refractivity (Wildman–Crippen MR) is 91.0 cm³/mol. The van der Waals surface area contributed by atoms with Crippen LogP contribution in [0.4, 0.5) is 27.8 Å². The van der Waals surface area contributed by atoms with Crippen molar-refractivity contribution >= 4 is 11.7 Å². The molecule has 1 amide bonds. The van der Waals surface area contributed by atoms with Crippen molar-refractivity contribution in [2.75, 3.05) is 24.5 Å². The average molecular weight is 404 g/mol. The SMILES string of the molecule is O=C(N[C@H]1CC[C@@H]2CN(c3cccc(C(F)(F)F)n3)C[C@@H]21)[C@@H]1CC(F)(F)CN1. The quantitative estimate of drug-likeness (QED) is 0.760. The Hall–Kier alpha value is -1.97. The van der Waals surface area contributed by atoms with Crippen LogP contribution in [0.25, 0.3) is 0 Å². The van der Waals surface area contributed by atoms with E-state index in [-0.39, 0.29) is 23.7 Å². The topological polar surface area (TPSA) is 57.3 Å². The second kappa shape index (κ2) is 6.82. The summed E-state index contributed by atoms with van der Waals surface area (Å²) >= 11 is 0. The van der Waals surface area contributed by atoms with Crippen LogP contribution in [0.15, 0.2) is 18.2 Å². The summed E-state index contributed by atoms with van der Waals surface area (Å²) in [6, 6.07) is 2.76. The first kappa shape index (κ1) is 19.4. The van der Waals surface area contributed by atoms with Gasteiger partial charge in [0.2, 0.25) is 5.91 Å². The fraction of sp³-hybridized carbons (Fsp3) is 0.667. The minimum atomic E-state index is -4.50. The van der Waals surface area contributed by atoms with E-state index in [0.29, 0.717) is 13.1 Å². The van der Waals surface area contributed by atoms with Gasteiger partial charge in [-0.05, 0) is 30.9 Å². The fourth-order valence-electron chi connectivity index (χ4n) is 4.57. The van der Waals surface area contributed by atoms with Crippen molar-refractivity contribution in [3.8, 4) is 0 Å². The molecule has 1 aromatic rings. The summed E-state index contributed by atoms with van der Waals surface area (Å²) in [6.07, 6.45) is -3.44. The van der Waals surface area contributed by atoms with Gasteiger partial charge in [0.15, 0.2) is 0 Å². The molecular weight excluding hydrogens is 383 g/mol. The molecule has 1 aliphatic carbocycles. The van der Waals surface area contributed by atoms with Crippen molar-refractivity contribution < 1.29 is 26.7 Å². The second-order valence-electron chi connectivity index (χ2n) is 7.89. The monoisotopic (exact) mass is 404 g/mol. The van der Waals surface area contributed by atoms with Crippen LogP contribution in [-0.4, -0.2) is 48.5 Å². The van der Waals surface area contributed by atoms with Gasteiger partial charge in [-0.2, -0.15) is 13.2 Å².